The first kappa shape index (κ1) is 22.9. The number of likely N-dealkylation sites (tertiary alicyclic amines) is 1. The van der Waals surface area contributed by atoms with Crippen LogP contribution in [0.15, 0.2) is 30.5 Å². The molecule has 170 valence electrons. The van der Waals surface area contributed by atoms with Gasteiger partial charge >= 0.3 is 12.3 Å². The zero-order valence-corrected chi connectivity index (χ0v) is 16.5. The van der Waals surface area contributed by atoms with E-state index in [1.54, 1.807) is 0 Å². The number of halogens is 4. The monoisotopic (exact) mass is 454 g/mol. The third-order valence-corrected chi connectivity index (χ3v) is 4.81. The molecule has 2 aromatic rings. The lowest BCUT2D eigenvalue weighted by Crippen LogP contribution is -2.45. The van der Waals surface area contributed by atoms with Crippen LogP contribution in [-0.4, -0.2) is 52.6 Å². The van der Waals surface area contributed by atoms with Crippen LogP contribution < -0.4 is 11.1 Å². The summed E-state index contributed by atoms with van der Waals surface area (Å²) in [5, 5.41) is 16.6. The number of carbonyl (C=O) groups is 2. The zero-order chi connectivity index (χ0) is 23.5. The average molecular weight is 454 g/mol. The number of nitrogens with two attached hydrogens (primary N) is 1. The number of piperidine rings is 1. The molecule has 0 aliphatic carbocycles. The van der Waals surface area contributed by atoms with Crippen molar-refractivity contribution in [1.29, 1.82) is 5.26 Å². The number of hydrogen-bond acceptors (Lipinski definition) is 6. The number of nitrogens with one attached hydrogen (secondary N) is 1. The molecule has 1 fully saturated rings. The Labute approximate surface area is 179 Å². The Morgan fingerprint density at radius 3 is 2.59 bits per heavy atom. The highest BCUT2D eigenvalue weighted by Crippen LogP contribution is 2.30. The minimum atomic E-state index is -4.67. The molecule has 1 aliphatic heterocycles. The number of alkyl halides is 3. The SMILES string of the molecule is N#CC1CCN(C(=O)OCC(F)(F)F)CC1n1cc(C(N)=O)c(Nc2ccc(F)cc2)n1. The summed E-state index contributed by atoms with van der Waals surface area (Å²) in [5.74, 6) is -1.89. The van der Waals surface area contributed by atoms with E-state index in [1.807, 2.05) is 0 Å². The second kappa shape index (κ2) is 9.13. The van der Waals surface area contributed by atoms with E-state index in [4.69, 9.17) is 5.73 Å². The zero-order valence-electron chi connectivity index (χ0n) is 16.5. The van der Waals surface area contributed by atoms with Crippen LogP contribution in [0, 0.1) is 23.1 Å². The van der Waals surface area contributed by atoms with Gasteiger partial charge in [0.25, 0.3) is 5.91 Å². The van der Waals surface area contributed by atoms with E-state index < -0.39 is 42.6 Å². The number of benzene rings is 1. The van der Waals surface area contributed by atoms with Crippen molar-refractivity contribution in [3.63, 3.8) is 0 Å². The molecule has 1 aromatic heterocycles. The molecule has 3 rings (SSSR count). The molecule has 0 radical (unpaired) electrons. The number of nitrogens with zero attached hydrogens (tertiary/aromatic N) is 4. The van der Waals surface area contributed by atoms with Crippen LogP contribution in [0.4, 0.5) is 33.9 Å². The molecule has 1 aromatic carbocycles. The highest BCUT2D eigenvalue weighted by atomic mass is 19.4. The molecule has 0 bridgehead atoms. The smallest absolute Gasteiger partial charge is 0.422 e. The summed E-state index contributed by atoms with van der Waals surface area (Å²) in [5.41, 5.74) is 5.80. The van der Waals surface area contributed by atoms with Gasteiger partial charge < -0.3 is 20.7 Å². The first-order valence-electron chi connectivity index (χ1n) is 9.37. The third kappa shape index (κ3) is 5.45. The number of anilines is 2. The van der Waals surface area contributed by atoms with Crippen molar-refractivity contribution in [2.45, 2.75) is 18.6 Å². The Morgan fingerprint density at radius 1 is 1.31 bits per heavy atom. The molecule has 32 heavy (non-hydrogen) atoms. The number of amides is 2. The topological polar surface area (TPSA) is 126 Å². The van der Waals surface area contributed by atoms with Gasteiger partial charge in [-0.1, -0.05) is 0 Å². The molecular formula is C19H18F4N6O3. The van der Waals surface area contributed by atoms with Gasteiger partial charge in [0.1, 0.15) is 11.4 Å². The van der Waals surface area contributed by atoms with Gasteiger partial charge in [-0.15, -0.1) is 0 Å². The number of primary amides is 1. The predicted molar refractivity (Wildman–Crippen MR) is 102 cm³/mol. The maximum Gasteiger partial charge on any atom is 0.422 e. The Kier molecular flexibility index (Phi) is 6.52. The molecule has 9 nitrogen and oxygen atoms in total. The normalized spacial score (nSPS) is 18.7. The number of ether oxygens (including phenoxy) is 1. The number of aromatic nitrogens is 2. The van der Waals surface area contributed by atoms with Crippen molar-refractivity contribution in [3.8, 4) is 6.07 Å². The van der Waals surface area contributed by atoms with Gasteiger partial charge in [-0.3, -0.25) is 9.48 Å². The fourth-order valence-electron chi connectivity index (χ4n) is 3.26. The summed E-state index contributed by atoms with van der Waals surface area (Å²) in [7, 11) is 0. The largest absolute Gasteiger partial charge is 0.440 e. The molecule has 2 atom stereocenters. The van der Waals surface area contributed by atoms with Crippen molar-refractivity contribution in [2.24, 2.45) is 11.7 Å². The van der Waals surface area contributed by atoms with E-state index >= 15 is 0 Å². The number of hydrogen-bond donors (Lipinski definition) is 2. The van der Waals surface area contributed by atoms with Crippen molar-refractivity contribution >= 4 is 23.5 Å². The van der Waals surface area contributed by atoms with Crippen molar-refractivity contribution in [2.75, 3.05) is 25.0 Å². The van der Waals surface area contributed by atoms with Crippen molar-refractivity contribution in [3.05, 3.63) is 41.8 Å². The molecule has 2 amide bonds. The molecule has 1 saturated heterocycles. The first-order valence-corrected chi connectivity index (χ1v) is 9.37. The molecule has 1 aliphatic rings. The lowest BCUT2D eigenvalue weighted by atomic mass is 9.93. The van der Waals surface area contributed by atoms with Gasteiger partial charge in [-0.2, -0.15) is 23.5 Å². The van der Waals surface area contributed by atoms with E-state index in [0.717, 1.165) is 4.90 Å². The van der Waals surface area contributed by atoms with Gasteiger partial charge in [0, 0.05) is 25.0 Å². The lowest BCUT2D eigenvalue weighted by molar-refractivity contribution is -0.162. The number of rotatable bonds is 5. The second-order valence-electron chi connectivity index (χ2n) is 7.07. The summed E-state index contributed by atoms with van der Waals surface area (Å²) in [6.07, 6.45) is -4.39. The van der Waals surface area contributed by atoms with E-state index in [0.29, 0.717) is 5.69 Å². The molecular weight excluding hydrogens is 436 g/mol. The summed E-state index contributed by atoms with van der Waals surface area (Å²) >= 11 is 0. The minimum Gasteiger partial charge on any atom is -0.440 e. The lowest BCUT2D eigenvalue weighted by Gasteiger charge is -2.35. The van der Waals surface area contributed by atoms with Gasteiger partial charge in [0.15, 0.2) is 12.4 Å². The molecule has 3 N–H and O–H groups in total. The van der Waals surface area contributed by atoms with E-state index in [-0.39, 0.29) is 30.9 Å². The van der Waals surface area contributed by atoms with Crippen LogP contribution >= 0.6 is 0 Å². The molecule has 0 spiro atoms. The van der Waals surface area contributed by atoms with Crippen LogP contribution in [0.5, 0.6) is 0 Å². The van der Waals surface area contributed by atoms with Gasteiger partial charge in [-0.25, -0.2) is 9.18 Å². The quantitative estimate of drug-likeness (QED) is 0.669. The van der Waals surface area contributed by atoms with Gasteiger partial charge in [0.05, 0.1) is 18.0 Å². The fourth-order valence-corrected chi connectivity index (χ4v) is 3.26. The molecule has 13 heteroatoms. The standard InChI is InChI=1S/C19H18F4N6O3/c20-12-1-3-13(4-2-12)26-17-14(16(25)30)8-29(27-17)15-9-28(6-5-11(15)7-24)18(31)32-10-19(21,22)23/h1-4,8,11,15H,5-6,9-10H2,(H2,25,30)(H,26,27). The Morgan fingerprint density at radius 2 is 2.00 bits per heavy atom. The van der Waals surface area contributed by atoms with Gasteiger partial charge in [0.2, 0.25) is 0 Å². The summed E-state index contributed by atoms with van der Waals surface area (Å²) in [6, 6.07) is 6.53. The Bertz CT molecular complexity index is 1030. The minimum absolute atomic E-state index is 0.0239. The average Bonchev–Trinajstić information content (AvgIpc) is 3.16. The van der Waals surface area contributed by atoms with Crippen LogP contribution in [0.1, 0.15) is 22.8 Å². The van der Waals surface area contributed by atoms with Crippen LogP contribution in [-0.2, 0) is 4.74 Å². The van der Waals surface area contributed by atoms with Crippen LogP contribution in [0.25, 0.3) is 0 Å². The van der Waals surface area contributed by atoms with E-state index in [2.05, 4.69) is 21.2 Å². The highest BCUT2D eigenvalue weighted by molar-refractivity contribution is 5.98. The maximum atomic E-state index is 13.1. The summed E-state index contributed by atoms with van der Waals surface area (Å²) < 4.78 is 55.7. The third-order valence-electron chi connectivity index (χ3n) is 4.81. The second-order valence-corrected chi connectivity index (χ2v) is 7.07. The fraction of sp³-hybridized carbons (Fsp3) is 0.368. The Hall–Kier alpha value is -3.82. The molecule has 0 saturated carbocycles. The van der Waals surface area contributed by atoms with E-state index in [9.17, 15) is 32.4 Å². The molecule has 2 heterocycles. The van der Waals surface area contributed by atoms with Crippen LogP contribution in [0.3, 0.4) is 0 Å². The van der Waals surface area contributed by atoms with Crippen molar-refractivity contribution in [1.82, 2.24) is 14.7 Å². The van der Waals surface area contributed by atoms with E-state index in [1.165, 1.54) is 35.1 Å². The predicted octanol–water partition coefficient (Wildman–Crippen LogP) is 2.95. The first-order chi connectivity index (χ1) is 15.1. The van der Waals surface area contributed by atoms with Crippen LogP contribution in [0.2, 0.25) is 0 Å². The summed E-state index contributed by atoms with van der Waals surface area (Å²) in [6.45, 7) is -1.87. The Balaban J connectivity index is 1.83. The van der Waals surface area contributed by atoms with Crippen molar-refractivity contribution < 1.29 is 31.9 Å². The number of carbonyl (C=O) groups excluding carboxylic acids is 2. The number of nitriles is 1. The van der Waals surface area contributed by atoms with Gasteiger partial charge in [-0.05, 0) is 30.7 Å². The summed E-state index contributed by atoms with van der Waals surface area (Å²) in [4.78, 5) is 25.0. The highest BCUT2D eigenvalue weighted by Gasteiger charge is 2.37. The maximum absolute atomic E-state index is 13.1. The molecule has 2 unspecified atom stereocenters.